The van der Waals surface area contributed by atoms with Crippen LogP contribution in [-0.2, 0) is 0 Å². The second kappa shape index (κ2) is 4.27. The van der Waals surface area contributed by atoms with E-state index in [9.17, 15) is 4.79 Å². The molecule has 98 valence electrons. The highest BCUT2D eigenvalue weighted by Crippen LogP contribution is 2.45. The van der Waals surface area contributed by atoms with Crippen LogP contribution in [0.4, 0.5) is 0 Å². The van der Waals surface area contributed by atoms with Crippen LogP contribution < -0.4 is 10.5 Å². The van der Waals surface area contributed by atoms with Gasteiger partial charge in [-0.3, -0.25) is 10.5 Å². The maximum Gasteiger partial charge on any atom is 0.243 e. The SMILES string of the molecule is Cc1cc(C)c2c(c1)OC(N)(C(Cl)(Cl)Cl)CC2=O. The molecule has 18 heavy (non-hydrogen) atoms. The zero-order chi connectivity index (χ0) is 13.7. The van der Waals surface area contributed by atoms with Crippen LogP contribution in [0.2, 0.25) is 0 Å². The van der Waals surface area contributed by atoms with E-state index in [4.69, 9.17) is 45.3 Å². The van der Waals surface area contributed by atoms with Crippen LogP contribution in [0.1, 0.15) is 27.9 Å². The lowest BCUT2D eigenvalue weighted by atomic mass is 9.93. The van der Waals surface area contributed by atoms with Crippen LogP contribution in [0.15, 0.2) is 12.1 Å². The maximum atomic E-state index is 12.1. The molecule has 1 atom stereocenters. The number of hydrogen-bond acceptors (Lipinski definition) is 3. The number of alkyl halides is 3. The van der Waals surface area contributed by atoms with E-state index in [1.165, 1.54) is 0 Å². The van der Waals surface area contributed by atoms with Gasteiger partial charge in [-0.2, -0.15) is 0 Å². The average molecular weight is 309 g/mol. The average Bonchev–Trinajstić information content (AvgIpc) is 2.12. The van der Waals surface area contributed by atoms with Gasteiger partial charge in [-0.15, -0.1) is 0 Å². The highest BCUT2D eigenvalue weighted by molar-refractivity contribution is 6.68. The van der Waals surface area contributed by atoms with E-state index in [-0.39, 0.29) is 12.2 Å². The third-order valence-electron chi connectivity index (χ3n) is 2.92. The number of rotatable bonds is 0. The first-order valence-electron chi connectivity index (χ1n) is 5.33. The van der Waals surface area contributed by atoms with Gasteiger partial charge in [0, 0.05) is 0 Å². The molecule has 3 nitrogen and oxygen atoms in total. The highest BCUT2D eigenvalue weighted by Gasteiger charge is 2.52. The number of carbonyl (C=O) groups excluding carboxylic acids is 1. The number of halogens is 3. The Morgan fingerprint density at radius 1 is 1.33 bits per heavy atom. The largest absolute Gasteiger partial charge is 0.467 e. The summed E-state index contributed by atoms with van der Waals surface area (Å²) < 4.78 is 3.70. The van der Waals surface area contributed by atoms with Crippen molar-refractivity contribution in [3.8, 4) is 5.75 Å². The first-order valence-corrected chi connectivity index (χ1v) is 6.46. The quantitative estimate of drug-likeness (QED) is 0.748. The van der Waals surface area contributed by atoms with Crippen LogP contribution in [0.5, 0.6) is 5.75 Å². The molecule has 1 aromatic carbocycles. The van der Waals surface area contributed by atoms with E-state index in [1.54, 1.807) is 6.07 Å². The summed E-state index contributed by atoms with van der Waals surface area (Å²) in [6.07, 6.45) is -0.166. The van der Waals surface area contributed by atoms with Gasteiger partial charge in [-0.1, -0.05) is 40.9 Å². The molecule has 0 saturated carbocycles. The van der Waals surface area contributed by atoms with Crippen molar-refractivity contribution in [2.45, 2.75) is 29.8 Å². The minimum absolute atomic E-state index is 0.166. The number of ketones is 1. The molecule has 1 heterocycles. The Labute approximate surface area is 120 Å². The second-order valence-electron chi connectivity index (χ2n) is 4.54. The summed E-state index contributed by atoms with van der Waals surface area (Å²) in [5, 5.41) is 0. The molecule has 2 N–H and O–H groups in total. The molecule has 6 heteroatoms. The van der Waals surface area contributed by atoms with Gasteiger partial charge >= 0.3 is 0 Å². The zero-order valence-electron chi connectivity index (χ0n) is 9.89. The van der Waals surface area contributed by atoms with Gasteiger partial charge in [0.1, 0.15) is 5.75 Å². The third-order valence-corrected chi connectivity index (χ3v) is 3.88. The van der Waals surface area contributed by atoms with Gasteiger partial charge in [-0.05, 0) is 31.0 Å². The molecule has 1 aliphatic heterocycles. The molecule has 0 aliphatic carbocycles. The number of fused-ring (bicyclic) bond motifs is 1. The fourth-order valence-electron chi connectivity index (χ4n) is 2.08. The Kier molecular flexibility index (Phi) is 3.31. The Morgan fingerprint density at radius 2 is 1.94 bits per heavy atom. The predicted molar refractivity (Wildman–Crippen MR) is 72.7 cm³/mol. The summed E-state index contributed by atoms with van der Waals surface area (Å²) in [6, 6.07) is 3.62. The van der Waals surface area contributed by atoms with Crippen molar-refractivity contribution in [3.63, 3.8) is 0 Å². The van der Waals surface area contributed by atoms with Gasteiger partial charge in [0.25, 0.3) is 0 Å². The van der Waals surface area contributed by atoms with E-state index in [0.29, 0.717) is 11.3 Å². The van der Waals surface area contributed by atoms with Gasteiger partial charge in [0.15, 0.2) is 5.78 Å². The van der Waals surface area contributed by atoms with Crippen LogP contribution in [0.3, 0.4) is 0 Å². The third kappa shape index (κ3) is 2.21. The first kappa shape index (κ1) is 13.9. The summed E-state index contributed by atoms with van der Waals surface area (Å²) in [4.78, 5) is 12.1. The standard InChI is InChI=1S/C12H12Cl3NO2/c1-6-3-7(2)10-8(17)5-11(16,12(13,14)15)18-9(10)4-6/h3-4H,5,16H2,1-2H3. The highest BCUT2D eigenvalue weighted by atomic mass is 35.6. The zero-order valence-corrected chi connectivity index (χ0v) is 12.2. The lowest BCUT2D eigenvalue weighted by Crippen LogP contribution is -2.59. The molecular weight excluding hydrogens is 296 g/mol. The number of hydrogen-bond donors (Lipinski definition) is 1. The fraction of sp³-hybridized carbons (Fsp3) is 0.417. The predicted octanol–water partition coefficient (Wildman–Crippen LogP) is 3.29. The summed E-state index contributed by atoms with van der Waals surface area (Å²) >= 11 is 17.4. The smallest absolute Gasteiger partial charge is 0.243 e. The van der Waals surface area contributed by atoms with Crippen molar-refractivity contribution in [2.75, 3.05) is 0 Å². The normalized spacial score (nSPS) is 23.6. The Balaban J connectivity index is 2.56. The first-order chi connectivity index (χ1) is 8.14. The topological polar surface area (TPSA) is 52.3 Å². The van der Waals surface area contributed by atoms with Gasteiger partial charge in [0.05, 0.1) is 12.0 Å². The molecule has 1 aliphatic rings. The molecular formula is C12H12Cl3NO2. The molecule has 0 bridgehead atoms. The van der Waals surface area contributed by atoms with Crippen LogP contribution in [-0.4, -0.2) is 15.3 Å². The van der Waals surface area contributed by atoms with Crippen molar-refractivity contribution >= 4 is 40.6 Å². The van der Waals surface area contributed by atoms with Crippen molar-refractivity contribution in [3.05, 3.63) is 28.8 Å². The maximum absolute atomic E-state index is 12.1. The van der Waals surface area contributed by atoms with Gasteiger partial charge in [-0.25, -0.2) is 0 Å². The molecule has 0 radical (unpaired) electrons. The monoisotopic (exact) mass is 307 g/mol. The number of benzene rings is 1. The Morgan fingerprint density at radius 3 is 2.50 bits per heavy atom. The van der Waals surface area contributed by atoms with Crippen molar-refractivity contribution in [1.29, 1.82) is 0 Å². The van der Waals surface area contributed by atoms with E-state index >= 15 is 0 Å². The Bertz CT molecular complexity index is 525. The number of aryl methyl sites for hydroxylation is 2. The number of carbonyl (C=O) groups is 1. The van der Waals surface area contributed by atoms with Crippen molar-refractivity contribution in [1.82, 2.24) is 0 Å². The minimum atomic E-state index is -1.88. The number of Topliss-reactive ketones (excluding diaryl/α,β-unsaturated/α-hetero) is 1. The molecule has 0 spiro atoms. The molecule has 0 amide bonds. The lowest BCUT2D eigenvalue weighted by molar-refractivity contribution is 0.0467. The van der Waals surface area contributed by atoms with Crippen LogP contribution in [0, 0.1) is 13.8 Å². The molecule has 0 saturated heterocycles. The molecule has 2 rings (SSSR count). The summed E-state index contributed by atoms with van der Waals surface area (Å²) in [5.74, 6) is 0.195. The summed E-state index contributed by atoms with van der Waals surface area (Å²) in [6.45, 7) is 3.73. The van der Waals surface area contributed by atoms with Gasteiger partial charge < -0.3 is 4.74 Å². The van der Waals surface area contributed by atoms with E-state index in [1.807, 2.05) is 19.9 Å². The van der Waals surface area contributed by atoms with E-state index in [0.717, 1.165) is 11.1 Å². The van der Waals surface area contributed by atoms with Gasteiger partial charge in [0.2, 0.25) is 9.52 Å². The van der Waals surface area contributed by atoms with E-state index in [2.05, 4.69) is 0 Å². The molecule has 1 aromatic rings. The second-order valence-corrected chi connectivity index (χ2v) is 6.83. The molecule has 1 unspecified atom stereocenters. The summed E-state index contributed by atoms with van der Waals surface area (Å²) in [7, 11) is 0. The van der Waals surface area contributed by atoms with Crippen LogP contribution >= 0.6 is 34.8 Å². The lowest BCUT2D eigenvalue weighted by Gasteiger charge is -2.39. The van der Waals surface area contributed by atoms with E-state index < -0.39 is 9.52 Å². The van der Waals surface area contributed by atoms with Crippen molar-refractivity contribution < 1.29 is 9.53 Å². The Hall–Kier alpha value is -0.480. The molecule has 0 aromatic heterocycles. The minimum Gasteiger partial charge on any atom is -0.467 e. The summed E-state index contributed by atoms with van der Waals surface area (Å²) in [5.41, 5.74) is 6.56. The number of ether oxygens (including phenoxy) is 1. The fourth-order valence-corrected chi connectivity index (χ4v) is 2.40. The molecule has 0 fully saturated rings. The number of nitrogens with two attached hydrogens (primary N) is 1. The van der Waals surface area contributed by atoms with Crippen LogP contribution in [0.25, 0.3) is 0 Å². The van der Waals surface area contributed by atoms with Crippen molar-refractivity contribution in [2.24, 2.45) is 5.73 Å².